The van der Waals surface area contributed by atoms with Crippen LogP contribution in [0, 0.1) is 0 Å². The molecule has 0 N–H and O–H groups in total. The second-order valence-electron chi connectivity index (χ2n) is 3.86. The molecule has 24 heavy (non-hydrogen) atoms. The summed E-state index contributed by atoms with van der Waals surface area (Å²) in [7, 11) is 0. The molecule has 124 valence electrons. The van der Waals surface area contributed by atoms with E-state index < -0.39 is 23.6 Å². The molecule has 0 aromatic heterocycles. The fraction of sp³-hybridized carbons (Fsp3) is 0.333. The normalized spacial score (nSPS) is 14.2. The van der Waals surface area contributed by atoms with E-state index in [-0.39, 0.29) is 0 Å². The zero-order valence-corrected chi connectivity index (χ0v) is 12.2. The lowest BCUT2D eigenvalue weighted by Gasteiger charge is -2.16. The molecule has 0 saturated heterocycles. The van der Waals surface area contributed by atoms with Crippen molar-refractivity contribution in [3.8, 4) is 0 Å². The standard InChI is InChI=1S/C12H8N4O8/c1-11(13-5-17,14-6-18)23-9(21)3-4-10(22)24-12(2,15-7-19)16-8-20/h3-4H,1-2H3/b4-3+. The molecule has 0 unspecified atom stereocenters. The van der Waals surface area contributed by atoms with Crippen LogP contribution in [0.15, 0.2) is 32.1 Å². The minimum Gasteiger partial charge on any atom is -0.412 e. The van der Waals surface area contributed by atoms with Gasteiger partial charge in [-0.3, -0.25) is 0 Å². The Morgan fingerprint density at radius 1 is 0.708 bits per heavy atom. The fourth-order valence-electron chi connectivity index (χ4n) is 1.07. The number of nitrogens with zero attached hydrogens (tertiary/aromatic N) is 4. The van der Waals surface area contributed by atoms with E-state index in [4.69, 9.17) is 0 Å². The van der Waals surface area contributed by atoms with Gasteiger partial charge in [0.1, 0.15) is 0 Å². The molecule has 0 aromatic carbocycles. The maximum absolute atomic E-state index is 11.5. The third-order valence-corrected chi connectivity index (χ3v) is 1.96. The third kappa shape index (κ3) is 7.28. The van der Waals surface area contributed by atoms with Crippen molar-refractivity contribution in [1.82, 2.24) is 0 Å². The van der Waals surface area contributed by atoms with Gasteiger partial charge in [0.05, 0.1) is 0 Å². The Balaban J connectivity index is 5.07. The van der Waals surface area contributed by atoms with Crippen molar-refractivity contribution in [2.45, 2.75) is 25.5 Å². The van der Waals surface area contributed by atoms with Gasteiger partial charge in [0.25, 0.3) is 0 Å². The van der Waals surface area contributed by atoms with Crippen LogP contribution in [-0.4, -0.2) is 48.0 Å². The van der Waals surface area contributed by atoms with Crippen molar-refractivity contribution in [2.75, 3.05) is 0 Å². The molecule has 0 rings (SSSR count). The molecule has 0 bridgehead atoms. The number of isocyanates is 4. The van der Waals surface area contributed by atoms with Crippen molar-refractivity contribution in [3.05, 3.63) is 12.2 Å². The Labute approximate surface area is 133 Å². The molecule has 0 radical (unpaired) electrons. The smallest absolute Gasteiger partial charge is 0.334 e. The van der Waals surface area contributed by atoms with Crippen LogP contribution in [0.4, 0.5) is 0 Å². The Hall–Kier alpha value is -3.80. The van der Waals surface area contributed by atoms with Crippen LogP contribution < -0.4 is 0 Å². The molecular formula is C12H8N4O8. The molecule has 12 heteroatoms. The van der Waals surface area contributed by atoms with E-state index in [0.717, 1.165) is 38.2 Å². The number of carbonyl (C=O) groups is 2. The maximum atomic E-state index is 11.5. The van der Waals surface area contributed by atoms with E-state index in [0.29, 0.717) is 12.2 Å². The average molecular weight is 336 g/mol. The molecule has 0 fully saturated rings. The number of carbonyl (C=O) groups excluding carboxylic acids is 6. The summed E-state index contributed by atoms with van der Waals surface area (Å²) in [6, 6.07) is 0. The predicted molar refractivity (Wildman–Crippen MR) is 70.6 cm³/mol. The fourth-order valence-corrected chi connectivity index (χ4v) is 1.07. The molecule has 12 nitrogen and oxygen atoms in total. The lowest BCUT2D eigenvalue weighted by molar-refractivity contribution is -0.153. The average Bonchev–Trinajstić information content (AvgIpc) is 2.45. The molecular weight excluding hydrogens is 328 g/mol. The van der Waals surface area contributed by atoms with Crippen LogP contribution in [0.25, 0.3) is 0 Å². The van der Waals surface area contributed by atoms with Gasteiger partial charge in [-0.15, -0.1) is 20.0 Å². The van der Waals surface area contributed by atoms with Gasteiger partial charge in [0, 0.05) is 26.0 Å². The largest absolute Gasteiger partial charge is 0.412 e. The Morgan fingerprint density at radius 2 is 0.958 bits per heavy atom. The van der Waals surface area contributed by atoms with E-state index >= 15 is 0 Å². The summed E-state index contributed by atoms with van der Waals surface area (Å²) >= 11 is 0. The molecule has 0 aromatic rings. The Kier molecular flexibility index (Phi) is 7.80. The first kappa shape index (κ1) is 20.2. The summed E-state index contributed by atoms with van der Waals surface area (Å²) in [5.74, 6) is -6.89. The first-order chi connectivity index (χ1) is 11.2. The molecule has 0 aliphatic heterocycles. The van der Waals surface area contributed by atoms with Gasteiger partial charge in [-0.2, -0.15) is 0 Å². The van der Waals surface area contributed by atoms with Crippen molar-refractivity contribution >= 4 is 36.3 Å². The van der Waals surface area contributed by atoms with Crippen molar-refractivity contribution < 1.29 is 38.2 Å². The van der Waals surface area contributed by atoms with Gasteiger partial charge < -0.3 is 9.47 Å². The number of rotatable bonds is 8. The number of hydrogen-bond acceptors (Lipinski definition) is 12. The minimum absolute atomic E-state index is 0.525. The van der Waals surface area contributed by atoms with Crippen LogP contribution in [-0.2, 0) is 38.2 Å². The van der Waals surface area contributed by atoms with E-state index in [2.05, 4.69) is 29.4 Å². The second-order valence-corrected chi connectivity index (χ2v) is 3.86. The summed E-state index contributed by atoms with van der Waals surface area (Å²) in [6.07, 6.45) is 5.19. The lowest BCUT2D eigenvalue weighted by Crippen LogP contribution is -2.27. The minimum atomic E-state index is -2.20. The van der Waals surface area contributed by atoms with Crippen LogP contribution in [0.1, 0.15) is 13.8 Å². The van der Waals surface area contributed by atoms with Gasteiger partial charge in [-0.25, -0.2) is 28.8 Å². The molecule has 0 spiro atoms. The molecule has 0 heterocycles. The van der Waals surface area contributed by atoms with Crippen LogP contribution >= 0.6 is 0 Å². The predicted octanol–water partition coefficient (Wildman–Crippen LogP) is -0.680. The highest BCUT2D eigenvalue weighted by atomic mass is 16.6. The second kappa shape index (κ2) is 9.26. The van der Waals surface area contributed by atoms with Crippen molar-refractivity contribution in [2.24, 2.45) is 20.0 Å². The van der Waals surface area contributed by atoms with Gasteiger partial charge >= 0.3 is 23.6 Å². The number of ether oxygens (including phenoxy) is 2. The maximum Gasteiger partial charge on any atom is 0.334 e. The summed E-state index contributed by atoms with van der Waals surface area (Å²) < 4.78 is 9.06. The monoisotopic (exact) mass is 336 g/mol. The number of hydrogen-bond donors (Lipinski definition) is 0. The summed E-state index contributed by atoms with van der Waals surface area (Å²) in [4.78, 5) is 75.5. The van der Waals surface area contributed by atoms with E-state index in [1.165, 1.54) is 0 Å². The van der Waals surface area contributed by atoms with Crippen LogP contribution in [0.5, 0.6) is 0 Å². The zero-order valence-electron chi connectivity index (χ0n) is 12.2. The molecule has 0 aliphatic rings. The van der Waals surface area contributed by atoms with Gasteiger partial charge in [-0.1, -0.05) is 0 Å². The molecule has 0 saturated carbocycles. The van der Waals surface area contributed by atoms with Crippen LogP contribution in [0.2, 0.25) is 0 Å². The van der Waals surface area contributed by atoms with Crippen LogP contribution in [0.3, 0.4) is 0 Å². The highest BCUT2D eigenvalue weighted by molar-refractivity contribution is 5.92. The lowest BCUT2D eigenvalue weighted by atomic mass is 10.4. The summed E-state index contributed by atoms with van der Waals surface area (Å²) in [5.41, 5.74) is 0. The first-order valence-electron chi connectivity index (χ1n) is 5.74. The topological polar surface area (TPSA) is 170 Å². The number of esters is 2. The van der Waals surface area contributed by atoms with Crippen molar-refractivity contribution in [3.63, 3.8) is 0 Å². The van der Waals surface area contributed by atoms with Gasteiger partial charge in [0.2, 0.25) is 24.3 Å². The highest BCUT2D eigenvalue weighted by Gasteiger charge is 2.28. The third-order valence-electron chi connectivity index (χ3n) is 1.96. The zero-order chi connectivity index (χ0) is 18.6. The van der Waals surface area contributed by atoms with Crippen molar-refractivity contribution in [1.29, 1.82) is 0 Å². The summed E-state index contributed by atoms with van der Waals surface area (Å²) in [5, 5.41) is 0. The Bertz CT molecular complexity index is 634. The molecule has 0 atom stereocenters. The summed E-state index contributed by atoms with van der Waals surface area (Å²) in [6.45, 7) is 1.95. The quantitative estimate of drug-likeness (QED) is 0.243. The Morgan fingerprint density at radius 3 is 1.17 bits per heavy atom. The molecule has 0 aliphatic carbocycles. The van der Waals surface area contributed by atoms with Gasteiger partial charge in [-0.05, 0) is 0 Å². The van der Waals surface area contributed by atoms with E-state index in [9.17, 15) is 28.8 Å². The SMILES string of the molecule is CC(N=C=O)(N=C=O)OC(=O)/C=C/C(=O)OC(C)(N=C=O)N=C=O. The first-order valence-corrected chi connectivity index (χ1v) is 5.74. The van der Waals surface area contributed by atoms with Gasteiger partial charge in [0.15, 0.2) is 0 Å². The molecule has 0 amide bonds. The number of aliphatic imine (C=N–C) groups is 4. The highest BCUT2D eigenvalue weighted by Crippen LogP contribution is 2.15. The van der Waals surface area contributed by atoms with E-state index in [1.807, 2.05) is 0 Å². The van der Waals surface area contributed by atoms with E-state index in [1.54, 1.807) is 0 Å².